The number of hydrogen-bond donors (Lipinski definition) is 2. The number of amides is 1. The van der Waals surface area contributed by atoms with Crippen LogP contribution < -0.4 is 11.1 Å². The van der Waals surface area contributed by atoms with Crippen LogP contribution in [0.1, 0.15) is 25.0 Å². The van der Waals surface area contributed by atoms with Gasteiger partial charge in [0.05, 0.1) is 12.0 Å². The van der Waals surface area contributed by atoms with Crippen LogP contribution in [0.25, 0.3) is 0 Å². The summed E-state index contributed by atoms with van der Waals surface area (Å²) in [6.45, 7) is 0.842. The SMILES string of the molecule is NCC1(C(=O)NCc2ccon2)CCC1. The fourth-order valence-electron chi connectivity index (χ4n) is 1.81. The molecule has 0 saturated heterocycles. The number of rotatable bonds is 4. The first-order valence-corrected chi connectivity index (χ1v) is 5.14. The highest BCUT2D eigenvalue weighted by atomic mass is 16.5. The van der Waals surface area contributed by atoms with Crippen LogP contribution in [-0.2, 0) is 11.3 Å². The summed E-state index contributed by atoms with van der Waals surface area (Å²) in [7, 11) is 0. The van der Waals surface area contributed by atoms with E-state index in [1.54, 1.807) is 6.07 Å². The van der Waals surface area contributed by atoms with E-state index in [1.807, 2.05) is 0 Å². The van der Waals surface area contributed by atoms with Crippen molar-refractivity contribution in [3.05, 3.63) is 18.0 Å². The van der Waals surface area contributed by atoms with E-state index >= 15 is 0 Å². The van der Waals surface area contributed by atoms with Crippen LogP contribution in [-0.4, -0.2) is 17.6 Å². The lowest BCUT2D eigenvalue weighted by Crippen LogP contribution is -2.50. The second kappa shape index (κ2) is 4.02. The lowest BCUT2D eigenvalue weighted by Gasteiger charge is -2.38. The van der Waals surface area contributed by atoms with Gasteiger partial charge in [0.1, 0.15) is 12.0 Å². The summed E-state index contributed by atoms with van der Waals surface area (Å²) in [5.74, 6) is 0.0410. The standard InChI is InChI=1S/C10H15N3O2/c11-7-10(3-1-4-10)9(14)12-6-8-2-5-15-13-8/h2,5H,1,3-4,6-7,11H2,(H,12,14). The van der Waals surface area contributed by atoms with Gasteiger partial charge in [0.25, 0.3) is 0 Å². The molecule has 0 spiro atoms. The molecule has 1 heterocycles. The average molecular weight is 209 g/mol. The molecule has 0 aromatic carbocycles. The molecule has 0 unspecified atom stereocenters. The Morgan fingerprint density at radius 2 is 2.47 bits per heavy atom. The van der Waals surface area contributed by atoms with Crippen LogP contribution in [0.15, 0.2) is 16.9 Å². The maximum absolute atomic E-state index is 11.8. The van der Waals surface area contributed by atoms with E-state index in [4.69, 9.17) is 5.73 Å². The Labute approximate surface area is 88.0 Å². The topological polar surface area (TPSA) is 81.2 Å². The van der Waals surface area contributed by atoms with E-state index in [-0.39, 0.29) is 11.3 Å². The van der Waals surface area contributed by atoms with Crippen molar-refractivity contribution in [2.45, 2.75) is 25.8 Å². The zero-order valence-corrected chi connectivity index (χ0v) is 8.53. The molecule has 1 saturated carbocycles. The van der Waals surface area contributed by atoms with E-state index in [2.05, 4.69) is 15.0 Å². The largest absolute Gasteiger partial charge is 0.364 e. The average Bonchev–Trinajstić information content (AvgIpc) is 2.66. The number of carbonyl (C=O) groups is 1. The second-order valence-electron chi connectivity index (χ2n) is 4.01. The van der Waals surface area contributed by atoms with Crippen molar-refractivity contribution in [1.29, 1.82) is 0 Å². The van der Waals surface area contributed by atoms with Gasteiger partial charge in [0.2, 0.25) is 5.91 Å². The lowest BCUT2D eigenvalue weighted by atomic mass is 9.68. The van der Waals surface area contributed by atoms with Crippen LogP contribution in [0.4, 0.5) is 0 Å². The Balaban J connectivity index is 1.87. The van der Waals surface area contributed by atoms with Gasteiger partial charge in [-0.05, 0) is 12.8 Å². The molecule has 1 aliphatic carbocycles. The minimum Gasteiger partial charge on any atom is -0.364 e. The fourth-order valence-corrected chi connectivity index (χ4v) is 1.81. The number of nitrogens with two attached hydrogens (primary N) is 1. The highest BCUT2D eigenvalue weighted by Gasteiger charge is 2.42. The molecule has 1 aromatic rings. The minimum absolute atomic E-state index is 0.0410. The molecule has 0 atom stereocenters. The molecule has 1 fully saturated rings. The zero-order valence-electron chi connectivity index (χ0n) is 8.53. The molecule has 1 aliphatic rings. The van der Waals surface area contributed by atoms with Gasteiger partial charge < -0.3 is 15.6 Å². The van der Waals surface area contributed by atoms with Gasteiger partial charge in [0.15, 0.2) is 0 Å². The van der Waals surface area contributed by atoms with Crippen LogP contribution in [0, 0.1) is 5.41 Å². The molecular weight excluding hydrogens is 194 g/mol. The lowest BCUT2D eigenvalue weighted by molar-refractivity contribution is -0.135. The summed E-state index contributed by atoms with van der Waals surface area (Å²) in [4.78, 5) is 11.8. The first-order valence-electron chi connectivity index (χ1n) is 5.14. The van der Waals surface area contributed by atoms with Crippen molar-refractivity contribution >= 4 is 5.91 Å². The van der Waals surface area contributed by atoms with E-state index in [1.165, 1.54) is 6.26 Å². The number of nitrogens with zero attached hydrogens (tertiary/aromatic N) is 1. The minimum atomic E-state index is -0.316. The highest BCUT2D eigenvalue weighted by Crippen LogP contribution is 2.39. The molecule has 0 bridgehead atoms. The molecule has 5 nitrogen and oxygen atoms in total. The van der Waals surface area contributed by atoms with E-state index in [9.17, 15) is 4.79 Å². The van der Waals surface area contributed by atoms with Crippen molar-refractivity contribution in [3.8, 4) is 0 Å². The summed E-state index contributed by atoms with van der Waals surface area (Å²) >= 11 is 0. The molecule has 2 rings (SSSR count). The van der Waals surface area contributed by atoms with E-state index in [0.29, 0.717) is 13.1 Å². The van der Waals surface area contributed by atoms with Gasteiger partial charge in [-0.2, -0.15) is 0 Å². The molecule has 82 valence electrons. The molecule has 1 aromatic heterocycles. The first kappa shape index (κ1) is 10.2. The Morgan fingerprint density at radius 3 is 2.93 bits per heavy atom. The van der Waals surface area contributed by atoms with Crippen LogP contribution in [0.2, 0.25) is 0 Å². The maximum atomic E-state index is 11.8. The summed E-state index contributed by atoms with van der Waals surface area (Å²) in [5, 5.41) is 6.56. The van der Waals surface area contributed by atoms with Gasteiger partial charge in [-0.25, -0.2) is 0 Å². The third-order valence-corrected chi connectivity index (χ3v) is 3.10. The van der Waals surface area contributed by atoms with Gasteiger partial charge in [-0.3, -0.25) is 4.79 Å². The predicted molar refractivity (Wildman–Crippen MR) is 53.7 cm³/mol. The maximum Gasteiger partial charge on any atom is 0.227 e. The van der Waals surface area contributed by atoms with Crippen LogP contribution >= 0.6 is 0 Å². The molecule has 15 heavy (non-hydrogen) atoms. The Bertz CT molecular complexity index is 325. The summed E-state index contributed by atoms with van der Waals surface area (Å²) < 4.78 is 4.67. The quantitative estimate of drug-likeness (QED) is 0.753. The molecule has 0 aliphatic heterocycles. The predicted octanol–water partition coefficient (Wildman–Crippen LogP) is 0.420. The van der Waals surface area contributed by atoms with Crippen molar-refractivity contribution in [3.63, 3.8) is 0 Å². The van der Waals surface area contributed by atoms with Crippen molar-refractivity contribution in [2.75, 3.05) is 6.54 Å². The highest BCUT2D eigenvalue weighted by molar-refractivity contribution is 5.83. The van der Waals surface area contributed by atoms with Crippen molar-refractivity contribution in [2.24, 2.45) is 11.1 Å². The summed E-state index contributed by atoms with van der Waals surface area (Å²) in [6, 6.07) is 1.73. The Morgan fingerprint density at radius 1 is 1.67 bits per heavy atom. The molecule has 1 amide bonds. The number of carbonyl (C=O) groups excluding carboxylic acids is 1. The molecule has 3 N–H and O–H groups in total. The van der Waals surface area contributed by atoms with E-state index in [0.717, 1.165) is 25.0 Å². The first-order chi connectivity index (χ1) is 7.27. The van der Waals surface area contributed by atoms with Gasteiger partial charge in [0, 0.05) is 12.6 Å². The number of nitrogens with one attached hydrogen (secondary N) is 1. The number of hydrogen-bond acceptors (Lipinski definition) is 4. The zero-order chi connectivity index (χ0) is 10.7. The second-order valence-corrected chi connectivity index (χ2v) is 4.01. The van der Waals surface area contributed by atoms with Crippen molar-refractivity contribution < 1.29 is 9.32 Å². The Kier molecular flexibility index (Phi) is 2.73. The molecule has 5 heteroatoms. The summed E-state index contributed by atoms with van der Waals surface area (Å²) in [5.41, 5.74) is 6.04. The molecular formula is C10H15N3O2. The van der Waals surface area contributed by atoms with Crippen LogP contribution in [0.5, 0.6) is 0 Å². The normalized spacial score (nSPS) is 18.2. The molecule has 0 radical (unpaired) electrons. The summed E-state index contributed by atoms with van der Waals surface area (Å²) in [6.07, 6.45) is 4.38. The smallest absolute Gasteiger partial charge is 0.227 e. The fraction of sp³-hybridized carbons (Fsp3) is 0.600. The van der Waals surface area contributed by atoms with Gasteiger partial charge in [-0.1, -0.05) is 11.6 Å². The van der Waals surface area contributed by atoms with Crippen LogP contribution in [0.3, 0.4) is 0 Å². The Hall–Kier alpha value is -1.36. The monoisotopic (exact) mass is 209 g/mol. The van der Waals surface area contributed by atoms with Crippen molar-refractivity contribution in [1.82, 2.24) is 10.5 Å². The number of aromatic nitrogens is 1. The van der Waals surface area contributed by atoms with E-state index < -0.39 is 0 Å². The van der Waals surface area contributed by atoms with Gasteiger partial charge >= 0.3 is 0 Å². The third kappa shape index (κ3) is 1.87. The van der Waals surface area contributed by atoms with Gasteiger partial charge in [-0.15, -0.1) is 0 Å². The third-order valence-electron chi connectivity index (χ3n) is 3.10.